The zero-order chi connectivity index (χ0) is 16.2. The van der Waals surface area contributed by atoms with Crippen molar-refractivity contribution in [3.63, 3.8) is 0 Å². The second kappa shape index (κ2) is 6.50. The van der Waals surface area contributed by atoms with Gasteiger partial charge in [-0.25, -0.2) is 5.43 Å². The number of benzene rings is 3. The highest BCUT2D eigenvalue weighted by molar-refractivity contribution is 6.30. The SMILES string of the molecule is O=C(N/N=C/c1c(O)ccc2ccccc12)c1cccc(Cl)c1. The Labute approximate surface area is 138 Å². The van der Waals surface area contributed by atoms with E-state index in [0.717, 1.165) is 10.8 Å². The van der Waals surface area contributed by atoms with Crippen LogP contribution in [0.4, 0.5) is 0 Å². The predicted octanol–water partition coefficient (Wildman–Crippen LogP) is 3.96. The number of aromatic hydroxyl groups is 1. The third kappa shape index (κ3) is 3.33. The van der Waals surface area contributed by atoms with Gasteiger partial charge in [0, 0.05) is 16.1 Å². The van der Waals surface area contributed by atoms with Gasteiger partial charge in [0.2, 0.25) is 0 Å². The van der Waals surface area contributed by atoms with E-state index in [4.69, 9.17) is 11.6 Å². The summed E-state index contributed by atoms with van der Waals surface area (Å²) in [5, 5.41) is 16.3. The number of hydrogen-bond donors (Lipinski definition) is 2. The monoisotopic (exact) mass is 324 g/mol. The molecule has 0 aliphatic carbocycles. The first kappa shape index (κ1) is 15.1. The molecule has 0 unspecified atom stereocenters. The second-order valence-corrected chi connectivity index (χ2v) is 5.37. The van der Waals surface area contributed by atoms with Gasteiger partial charge < -0.3 is 5.11 Å². The number of carbonyl (C=O) groups excluding carboxylic acids is 1. The highest BCUT2D eigenvalue weighted by Gasteiger charge is 2.06. The molecule has 0 spiro atoms. The Bertz CT molecular complexity index is 906. The standard InChI is InChI=1S/C18H13ClN2O2/c19-14-6-3-5-13(10-14)18(23)21-20-11-16-15-7-2-1-4-12(15)8-9-17(16)22/h1-11,22H,(H,21,23)/b20-11+. The molecule has 1 amide bonds. The summed E-state index contributed by atoms with van der Waals surface area (Å²) in [6.45, 7) is 0. The number of rotatable bonds is 3. The van der Waals surface area contributed by atoms with Gasteiger partial charge in [-0.1, -0.05) is 48.0 Å². The molecule has 0 saturated heterocycles. The zero-order valence-electron chi connectivity index (χ0n) is 12.0. The summed E-state index contributed by atoms with van der Waals surface area (Å²) in [5.41, 5.74) is 3.39. The zero-order valence-corrected chi connectivity index (χ0v) is 12.8. The highest BCUT2D eigenvalue weighted by atomic mass is 35.5. The van der Waals surface area contributed by atoms with Crippen molar-refractivity contribution < 1.29 is 9.90 Å². The van der Waals surface area contributed by atoms with E-state index in [0.29, 0.717) is 16.1 Å². The van der Waals surface area contributed by atoms with Crippen molar-refractivity contribution in [2.45, 2.75) is 0 Å². The molecule has 0 aliphatic rings. The fourth-order valence-electron chi connectivity index (χ4n) is 2.27. The summed E-state index contributed by atoms with van der Waals surface area (Å²) in [6.07, 6.45) is 1.43. The van der Waals surface area contributed by atoms with Crippen LogP contribution >= 0.6 is 11.6 Å². The van der Waals surface area contributed by atoms with E-state index in [9.17, 15) is 9.90 Å². The minimum atomic E-state index is -0.372. The minimum absolute atomic E-state index is 0.101. The molecule has 0 bridgehead atoms. The first-order valence-corrected chi connectivity index (χ1v) is 7.32. The molecule has 0 radical (unpaired) electrons. The number of halogens is 1. The van der Waals surface area contributed by atoms with Gasteiger partial charge in [0.15, 0.2) is 0 Å². The first-order valence-electron chi connectivity index (χ1n) is 6.95. The molecule has 5 heteroatoms. The number of phenolic OH excluding ortho intramolecular Hbond substituents is 1. The van der Waals surface area contributed by atoms with E-state index in [-0.39, 0.29) is 11.7 Å². The Morgan fingerprint density at radius 1 is 1.09 bits per heavy atom. The highest BCUT2D eigenvalue weighted by Crippen LogP contribution is 2.25. The van der Waals surface area contributed by atoms with Crippen molar-refractivity contribution in [2.24, 2.45) is 5.10 Å². The third-order valence-electron chi connectivity index (χ3n) is 3.39. The van der Waals surface area contributed by atoms with Gasteiger partial charge in [0.25, 0.3) is 5.91 Å². The van der Waals surface area contributed by atoms with Gasteiger partial charge in [-0.15, -0.1) is 0 Å². The van der Waals surface area contributed by atoms with Crippen molar-refractivity contribution in [1.29, 1.82) is 0 Å². The number of amides is 1. The van der Waals surface area contributed by atoms with Crippen LogP contribution in [-0.4, -0.2) is 17.2 Å². The summed E-state index contributed by atoms with van der Waals surface area (Å²) in [6, 6.07) is 17.6. The molecule has 0 heterocycles. The molecule has 4 nitrogen and oxygen atoms in total. The van der Waals surface area contributed by atoms with Crippen LogP contribution in [-0.2, 0) is 0 Å². The Morgan fingerprint density at radius 2 is 1.91 bits per heavy atom. The lowest BCUT2D eigenvalue weighted by atomic mass is 10.0. The van der Waals surface area contributed by atoms with Gasteiger partial charge in [-0.2, -0.15) is 5.10 Å². The van der Waals surface area contributed by atoms with Gasteiger partial charge >= 0.3 is 0 Å². The van der Waals surface area contributed by atoms with Crippen molar-refractivity contribution in [3.8, 4) is 5.75 Å². The fraction of sp³-hybridized carbons (Fsp3) is 0. The van der Waals surface area contributed by atoms with Crippen LogP contribution in [0.15, 0.2) is 65.8 Å². The van der Waals surface area contributed by atoms with Crippen LogP contribution in [0.1, 0.15) is 15.9 Å². The Balaban J connectivity index is 1.84. The van der Waals surface area contributed by atoms with Crippen LogP contribution in [0.5, 0.6) is 5.75 Å². The van der Waals surface area contributed by atoms with Gasteiger partial charge in [-0.3, -0.25) is 4.79 Å². The molecular weight excluding hydrogens is 312 g/mol. The van der Waals surface area contributed by atoms with Crippen molar-refractivity contribution in [3.05, 3.63) is 76.8 Å². The smallest absolute Gasteiger partial charge is 0.271 e. The molecule has 23 heavy (non-hydrogen) atoms. The molecule has 0 fully saturated rings. The lowest BCUT2D eigenvalue weighted by molar-refractivity contribution is 0.0955. The van der Waals surface area contributed by atoms with E-state index >= 15 is 0 Å². The van der Waals surface area contributed by atoms with Gasteiger partial charge in [-0.05, 0) is 35.0 Å². The number of nitrogens with one attached hydrogen (secondary N) is 1. The lowest BCUT2D eigenvalue weighted by Gasteiger charge is -2.05. The molecule has 2 N–H and O–H groups in total. The average molecular weight is 325 g/mol. The summed E-state index contributed by atoms with van der Waals surface area (Å²) in [7, 11) is 0. The molecule has 0 aliphatic heterocycles. The van der Waals surface area contributed by atoms with Crippen molar-refractivity contribution in [2.75, 3.05) is 0 Å². The maximum absolute atomic E-state index is 12.0. The van der Waals surface area contributed by atoms with Crippen LogP contribution in [0.3, 0.4) is 0 Å². The van der Waals surface area contributed by atoms with Crippen LogP contribution < -0.4 is 5.43 Å². The average Bonchev–Trinajstić information content (AvgIpc) is 2.56. The van der Waals surface area contributed by atoms with Crippen LogP contribution in [0.25, 0.3) is 10.8 Å². The molecule has 0 saturated carbocycles. The second-order valence-electron chi connectivity index (χ2n) is 4.93. The molecular formula is C18H13ClN2O2. The number of carbonyl (C=O) groups is 1. The molecule has 3 rings (SSSR count). The van der Waals surface area contributed by atoms with E-state index in [1.54, 1.807) is 30.3 Å². The summed E-state index contributed by atoms with van der Waals surface area (Å²) >= 11 is 5.85. The Hall–Kier alpha value is -2.85. The van der Waals surface area contributed by atoms with E-state index < -0.39 is 0 Å². The van der Waals surface area contributed by atoms with E-state index in [2.05, 4.69) is 10.5 Å². The summed E-state index contributed by atoms with van der Waals surface area (Å²) in [4.78, 5) is 12.0. The normalized spacial score (nSPS) is 11.0. The number of fused-ring (bicyclic) bond motifs is 1. The Kier molecular flexibility index (Phi) is 4.26. The number of nitrogens with zero attached hydrogens (tertiary/aromatic N) is 1. The predicted molar refractivity (Wildman–Crippen MR) is 92.1 cm³/mol. The van der Waals surface area contributed by atoms with E-state index in [1.165, 1.54) is 6.21 Å². The Morgan fingerprint density at radius 3 is 2.74 bits per heavy atom. The summed E-state index contributed by atoms with van der Waals surface area (Å²) < 4.78 is 0. The maximum atomic E-state index is 12.0. The maximum Gasteiger partial charge on any atom is 0.271 e. The minimum Gasteiger partial charge on any atom is -0.507 e. The van der Waals surface area contributed by atoms with E-state index in [1.807, 2.05) is 30.3 Å². The number of hydrogen-bond acceptors (Lipinski definition) is 3. The number of phenols is 1. The molecule has 3 aromatic carbocycles. The van der Waals surface area contributed by atoms with Crippen LogP contribution in [0.2, 0.25) is 5.02 Å². The molecule has 0 atom stereocenters. The quantitative estimate of drug-likeness (QED) is 0.566. The third-order valence-corrected chi connectivity index (χ3v) is 3.63. The first-order chi connectivity index (χ1) is 11.1. The van der Waals surface area contributed by atoms with Crippen molar-refractivity contribution in [1.82, 2.24) is 5.43 Å². The fourth-order valence-corrected chi connectivity index (χ4v) is 2.46. The molecule has 0 aromatic heterocycles. The molecule has 114 valence electrons. The van der Waals surface area contributed by atoms with Crippen molar-refractivity contribution >= 4 is 34.5 Å². The largest absolute Gasteiger partial charge is 0.507 e. The number of hydrazone groups is 1. The van der Waals surface area contributed by atoms with Gasteiger partial charge in [0.1, 0.15) is 5.75 Å². The summed E-state index contributed by atoms with van der Waals surface area (Å²) in [5.74, 6) is -0.270. The lowest BCUT2D eigenvalue weighted by Crippen LogP contribution is -2.17. The van der Waals surface area contributed by atoms with Gasteiger partial charge in [0.05, 0.1) is 6.21 Å². The molecule has 3 aromatic rings. The topological polar surface area (TPSA) is 61.7 Å². The van der Waals surface area contributed by atoms with Crippen LogP contribution in [0, 0.1) is 0 Å².